The number of carbonyl (C=O) groups is 1. The summed E-state index contributed by atoms with van der Waals surface area (Å²) in [5, 5.41) is 1.30. The lowest BCUT2D eigenvalue weighted by molar-refractivity contribution is -0.107. The summed E-state index contributed by atoms with van der Waals surface area (Å²) in [7, 11) is 0. The van der Waals surface area contributed by atoms with Crippen molar-refractivity contribution in [2.75, 3.05) is 0 Å². The molecule has 1 aromatic carbocycles. The Morgan fingerprint density at radius 3 is 2.06 bits per heavy atom. The molecule has 0 aliphatic heterocycles. The predicted molar refractivity (Wildman–Crippen MR) is 71.5 cm³/mol. The molecule has 0 aliphatic rings. The Kier molecular flexibility index (Phi) is 6.70. The van der Waals surface area contributed by atoms with Crippen molar-refractivity contribution in [1.82, 2.24) is 0 Å². The topological polar surface area (TPSA) is 17.1 Å². The minimum atomic E-state index is 0.0575. The van der Waals surface area contributed by atoms with Crippen molar-refractivity contribution in [2.45, 2.75) is 39.5 Å². The molecule has 0 saturated carbocycles. The van der Waals surface area contributed by atoms with Gasteiger partial charge in [0, 0.05) is 6.42 Å². The minimum absolute atomic E-state index is 0.0575. The third kappa shape index (κ3) is 5.00. The first kappa shape index (κ1) is 15.5. The molecule has 0 amide bonds. The van der Waals surface area contributed by atoms with E-state index in [0.29, 0.717) is 16.5 Å². The zero-order chi connectivity index (χ0) is 12.8. The summed E-state index contributed by atoms with van der Waals surface area (Å²) in [4.78, 5) is 9.17. The number of hydrogen-bond donors (Lipinski definition) is 0. The Morgan fingerprint density at radius 2 is 1.75 bits per heavy atom. The Bertz CT molecular complexity index is 340. The normalized spacial score (nSPS) is 10.4. The van der Waals surface area contributed by atoms with Crippen LogP contribution in [0, 0.1) is 0 Å². The fourth-order valence-electron chi connectivity index (χ4n) is 1.08. The van der Waals surface area contributed by atoms with Gasteiger partial charge in [-0.15, -0.1) is 0 Å². The highest BCUT2D eigenvalue weighted by Crippen LogP contribution is 2.33. The van der Waals surface area contributed by atoms with Crippen LogP contribution in [0.15, 0.2) is 18.2 Å². The molecule has 0 N–H and O–H groups in total. The van der Waals surface area contributed by atoms with E-state index in [4.69, 9.17) is 23.2 Å². The van der Waals surface area contributed by atoms with E-state index in [1.165, 1.54) is 0 Å². The van der Waals surface area contributed by atoms with E-state index in [2.05, 4.69) is 20.8 Å². The molecule has 0 atom stereocenters. The number of benzene rings is 1. The first-order valence-electron chi connectivity index (χ1n) is 5.22. The fourth-order valence-corrected chi connectivity index (χ4v) is 1.67. The van der Waals surface area contributed by atoms with Crippen LogP contribution in [0.2, 0.25) is 10.0 Å². The lowest BCUT2D eigenvalue weighted by Crippen LogP contribution is -2.11. The van der Waals surface area contributed by atoms with E-state index < -0.39 is 0 Å². The van der Waals surface area contributed by atoms with Crippen molar-refractivity contribution < 1.29 is 4.79 Å². The smallest absolute Gasteiger partial charge is 0.119 e. The lowest BCUT2D eigenvalue weighted by Gasteiger charge is -2.20. The summed E-state index contributed by atoms with van der Waals surface area (Å²) < 4.78 is 0. The largest absolute Gasteiger partial charge is 0.303 e. The molecular formula is C13H18Cl2O. The molecule has 1 rings (SSSR count). The number of rotatable bonds is 1. The van der Waals surface area contributed by atoms with Crippen molar-refractivity contribution in [3.63, 3.8) is 0 Å². The minimum Gasteiger partial charge on any atom is -0.303 e. The number of carbonyl (C=O) groups excluding carboxylic acids is 1. The molecular weight excluding hydrogens is 243 g/mol. The summed E-state index contributed by atoms with van der Waals surface area (Å²) in [6, 6.07) is 5.74. The van der Waals surface area contributed by atoms with Crippen LogP contribution in [0.1, 0.15) is 39.7 Å². The van der Waals surface area contributed by atoms with E-state index in [-0.39, 0.29) is 5.41 Å². The highest BCUT2D eigenvalue weighted by atomic mass is 35.5. The van der Waals surface area contributed by atoms with E-state index in [1.807, 2.05) is 19.1 Å². The van der Waals surface area contributed by atoms with Gasteiger partial charge in [-0.2, -0.15) is 0 Å². The molecule has 0 aromatic heterocycles. The maximum Gasteiger partial charge on any atom is 0.119 e. The van der Waals surface area contributed by atoms with Gasteiger partial charge >= 0.3 is 0 Å². The molecule has 1 nitrogen and oxygen atoms in total. The maximum atomic E-state index is 9.17. The molecule has 0 spiro atoms. The predicted octanol–water partition coefficient (Wildman–Crippen LogP) is 4.89. The fraction of sp³-hybridized carbons (Fsp3) is 0.462. The Hall–Kier alpha value is -0.530. The van der Waals surface area contributed by atoms with Gasteiger partial charge in [-0.3, -0.25) is 0 Å². The quantitative estimate of drug-likeness (QED) is 0.658. The first-order chi connectivity index (χ1) is 7.34. The first-order valence-corrected chi connectivity index (χ1v) is 5.98. The van der Waals surface area contributed by atoms with Gasteiger partial charge in [0.1, 0.15) is 6.29 Å². The third-order valence-electron chi connectivity index (χ3n) is 1.93. The molecule has 0 heterocycles. The Morgan fingerprint density at radius 1 is 1.25 bits per heavy atom. The average Bonchev–Trinajstić information content (AvgIpc) is 2.21. The van der Waals surface area contributed by atoms with E-state index >= 15 is 0 Å². The summed E-state index contributed by atoms with van der Waals surface area (Å²) in [5.41, 5.74) is 1.15. The average molecular weight is 261 g/mol. The summed E-state index contributed by atoms with van der Waals surface area (Å²) >= 11 is 11.9. The second-order valence-electron chi connectivity index (χ2n) is 4.43. The van der Waals surface area contributed by atoms with Crippen LogP contribution < -0.4 is 0 Å². The lowest BCUT2D eigenvalue weighted by atomic mass is 9.87. The maximum absolute atomic E-state index is 9.17. The van der Waals surface area contributed by atoms with Gasteiger partial charge < -0.3 is 4.79 Å². The van der Waals surface area contributed by atoms with Crippen molar-refractivity contribution in [1.29, 1.82) is 0 Å². The van der Waals surface area contributed by atoms with Gasteiger partial charge in [0.05, 0.1) is 10.0 Å². The zero-order valence-electron chi connectivity index (χ0n) is 10.2. The monoisotopic (exact) mass is 260 g/mol. The van der Waals surface area contributed by atoms with E-state index in [0.717, 1.165) is 11.8 Å². The second kappa shape index (κ2) is 6.93. The molecule has 0 saturated heterocycles. The van der Waals surface area contributed by atoms with E-state index in [1.54, 1.807) is 6.07 Å². The highest BCUT2D eigenvalue weighted by molar-refractivity contribution is 6.42. The molecule has 0 radical (unpaired) electrons. The van der Waals surface area contributed by atoms with Gasteiger partial charge in [0.25, 0.3) is 0 Å². The van der Waals surface area contributed by atoms with Crippen LogP contribution in [0.3, 0.4) is 0 Å². The summed E-state index contributed by atoms with van der Waals surface area (Å²) in [6.45, 7) is 8.16. The number of hydrogen-bond acceptors (Lipinski definition) is 1. The van der Waals surface area contributed by atoms with Gasteiger partial charge in [0.15, 0.2) is 0 Å². The van der Waals surface area contributed by atoms with Crippen LogP contribution in [0.5, 0.6) is 0 Å². The Labute approximate surface area is 108 Å². The molecule has 0 unspecified atom stereocenters. The van der Waals surface area contributed by atoms with Crippen molar-refractivity contribution >= 4 is 29.5 Å². The highest BCUT2D eigenvalue weighted by Gasteiger charge is 2.17. The van der Waals surface area contributed by atoms with Gasteiger partial charge in [-0.1, -0.05) is 63.0 Å². The van der Waals surface area contributed by atoms with Crippen LogP contribution in [-0.2, 0) is 10.2 Å². The second-order valence-corrected chi connectivity index (χ2v) is 5.21. The third-order valence-corrected chi connectivity index (χ3v) is 2.75. The van der Waals surface area contributed by atoms with Gasteiger partial charge in [-0.25, -0.2) is 0 Å². The van der Waals surface area contributed by atoms with Crippen LogP contribution in [-0.4, -0.2) is 6.29 Å². The van der Waals surface area contributed by atoms with Gasteiger partial charge in [-0.05, 0) is 17.0 Å². The molecule has 0 aliphatic carbocycles. The SMILES string of the molecule is CC(C)(C)c1cccc(Cl)c1Cl.CCC=O. The standard InChI is InChI=1S/C10H12Cl2.C3H6O/c1-10(2,3)7-5-4-6-8(11)9(7)12;1-2-3-4/h4-6H,1-3H3;3H,2H2,1H3. The van der Waals surface area contributed by atoms with Crippen LogP contribution >= 0.6 is 23.2 Å². The molecule has 16 heavy (non-hydrogen) atoms. The zero-order valence-corrected chi connectivity index (χ0v) is 11.7. The molecule has 90 valence electrons. The number of halogens is 2. The van der Waals surface area contributed by atoms with Gasteiger partial charge in [0.2, 0.25) is 0 Å². The van der Waals surface area contributed by atoms with Crippen molar-refractivity contribution in [2.24, 2.45) is 0 Å². The Balaban J connectivity index is 0.000000487. The van der Waals surface area contributed by atoms with E-state index in [9.17, 15) is 4.79 Å². The summed E-state index contributed by atoms with van der Waals surface area (Å²) in [6.07, 6.45) is 1.51. The molecule has 0 fully saturated rings. The van der Waals surface area contributed by atoms with Crippen LogP contribution in [0.4, 0.5) is 0 Å². The molecule has 0 bridgehead atoms. The van der Waals surface area contributed by atoms with Crippen LogP contribution in [0.25, 0.3) is 0 Å². The number of aldehydes is 1. The van der Waals surface area contributed by atoms with Crippen molar-refractivity contribution in [3.8, 4) is 0 Å². The molecule has 3 heteroatoms. The molecule has 1 aromatic rings. The summed E-state index contributed by atoms with van der Waals surface area (Å²) in [5.74, 6) is 0. The van der Waals surface area contributed by atoms with Crippen molar-refractivity contribution in [3.05, 3.63) is 33.8 Å².